The smallest absolute Gasteiger partial charge is 0.310 e. The second kappa shape index (κ2) is 6.60. The van der Waals surface area contributed by atoms with Gasteiger partial charge in [-0.3, -0.25) is 9.59 Å². The summed E-state index contributed by atoms with van der Waals surface area (Å²) in [5.41, 5.74) is 0. The van der Waals surface area contributed by atoms with Crippen molar-refractivity contribution in [2.45, 2.75) is 39.2 Å². The summed E-state index contributed by atoms with van der Waals surface area (Å²) in [5.74, 6) is -1.36. The van der Waals surface area contributed by atoms with Crippen LogP contribution in [-0.2, 0) is 14.3 Å². The topological polar surface area (TPSA) is 63.6 Å². The van der Waals surface area contributed by atoms with Crippen LogP contribution in [0.5, 0.6) is 0 Å². The molecule has 0 aromatic rings. The monoisotopic (exact) mass is 188 g/mol. The van der Waals surface area contributed by atoms with Crippen molar-refractivity contribution in [1.29, 1.82) is 0 Å². The van der Waals surface area contributed by atoms with Gasteiger partial charge in [0, 0.05) is 13.0 Å². The zero-order chi connectivity index (χ0) is 10.3. The molecule has 0 spiro atoms. The van der Waals surface area contributed by atoms with Gasteiger partial charge in [-0.05, 0) is 13.3 Å². The number of carbonyl (C=O) groups excluding carboxylic acids is 1. The van der Waals surface area contributed by atoms with Crippen LogP contribution in [0.2, 0.25) is 0 Å². The number of ketones is 1. The third-order valence-electron chi connectivity index (χ3n) is 1.47. The number of Topliss-reactive ketones (excluding diaryl/α,β-unsaturated/α-hetero) is 1. The molecule has 0 aliphatic carbocycles. The molecule has 4 heteroatoms. The van der Waals surface area contributed by atoms with Crippen LogP contribution in [0.4, 0.5) is 0 Å². The number of ether oxygens (including phenoxy) is 1. The Morgan fingerprint density at radius 1 is 1.46 bits per heavy atom. The van der Waals surface area contributed by atoms with Gasteiger partial charge in [-0.15, -0.1) is 0 Å². The Morgan fingerprint density at radius 3 is 2.54 bits per heavy atom. The highest BCUT2D eigenvalue weighted by molar-refractivity contribution is 5.94. The number of aliphatic carboxylic acids is 1. The van der Waals surface area contributed by atoms with Crippen LogP contribution in [0, 0.1) is 0 Å². The number of hydrogen-bond donors (Lipinski definition) is 1. The number of carbonyl (C=O) groups is 2. The summed E-state index contributed by atoms with van der Waals surface area (Å²) >= 11 is 0. The summed E-state index contributed by atoms with van der Waals surface area (Å²) in [5, 5.41) is 8.31. The van der Waals surface area contributed by atoms with Crippen molar-refractivity contribution < 1.29 is 19.4 Å². The van der Waals surface area contributed by atoms with Gasteiger partial charge >= 0.3 is 5.97 Å². The summed E-state index contributed by atoms with van der Waals surface area (Å²) in [6, 6.07) is 0. The average Bonchev–Trinajstić information content (AvgIpc) is 1.98. The number of rotatable bonds is 7. The van der Waals surface area contributed by atoms with Crippen LogP contribution in [0.25, 0.3) is 0 Å². The van der Waals surface area contributed by atoms with Gasteiger partial charge in [-0.25, -0.2) is 0 Å². The van der Waals surface area contributed by atoms with E-state index in [4.69, 9.17) is 9.84 Å². The molecule has 0 heterocycles. The van der Waals surface area contributed by atoms with Crippen molar-refractivity contribution in [1.82, 2.24) is 0 Å². The van der Waals surface area contributed by atoms with E-state index < -0.39 is 12.4 Å². The Labute approximate surface area is 77.9 Å². The normalized spacial score (nSPS) is 12.5. The van der Waals surface area contributed by atoms with Gasteiger partial charge in [0.25, 0.3) is 0 Å². The van der Waals surface area contributed by atoms with Gasteiger partial charge in [0.15, 0.2) is 0 Å². The van der Waals surface area contributed by atoms with Crippen molar-refractivity contribution in [2.24, 2.45) is 0 Å². The van der Waals surface area contributed by atoms with E-state index in [1.54, 1.807) is 6.92 Å². The van der Waals surface area contributed by atoms with Gasteiger partial charge in [-0.2, -0.15) is 0 Å². The van der Waals surface area contributed by atoms with Crippen molar-refractivity contribution in [3.05, 3.63) is 0 Å². The van der Waals surface area contributed by atoms with E-state index in [1.807, 2.05) is 6.92 Å². The summed E-state index contributed by atoms with van der Waals surface area (Å²) in [4.78, 5) is 21.1. The lowest BCUT2D eigenvalue weighted by Gasteiger charge is -2.10. The highest BCUT2D eigenvalue weighted by Gasteiger charge is 2.12. The standard InChI is InChI=1S/C9H16O4/c1-3-4-13-7(2)5-8(10)6-9(11)12/h7H,3-6H2,1-2H3,(H,11,12). The first-order chi connectivity index (χ1) is 6.06. The van der Waals surface area contributed by atoms with E-state index in [1.165, 1.54) is 0 Å². The van der Waals surface area contributed by atoms with Gasteiger partial charge in [0.1, 0.15) is 12.2 Å². The first-order valence-corrected chi connectivity index (χ1v) is 4.41. The van der Waals surface area contributed by atoms with Crippen LogP contribution in [-0.4, -0.2) is 29.6 Å². The maximum atomic E-state index is 11.0. The molecule has 0 saturated heterocycles. The Bertz CT molecular complexity index is 176. The minimum atomic E-state index is -1.08. The average molecular weight is 188 g/mol. The lowest BCUT2D eigenvalue weighted by molar-refractivity contribution is -0.140. The molecule has 0 aliphatic rings. The molecule has 0 aliphatic heterocycles. The van der Waals surface area contributed by atoms with E-state index in [2.05, 4.69) is 0 Å². The summed E-state index contributed by atoms with van der Waals surface area (Å²) in [7, 11) is 0. The van der Waals surface area contributed by atoms with Crippen molar-refractivity contribution in [2.75, 3.05) is 6.61 Å². The molecule has 1 N–H and O–H groups in total. The second-order valence-corrected chi connectivity index (χ2v) is 2.99. The molecule has 0 radical (unpaired) electrons. The Hall–Kier alpha value is -0.900. The molecule has 0 amide bonds. The molecule has 0 aromatic carbocycles. The van der Waals surface area contributed by atoms with E-state index in [-0.39, 0.29) is 18.3 Å². The van der Waals surface area contributed by atoms with E-state index in [0.29, 0.717) is 6.61 Å². The molecule has 0 bridgehead atoms. The first kappa shape index (κ1) is 12.1. The molecular formula is C9H16O4. The molecule has 4 nitrogen and oxygen atoms in total. The fraction of sp³-hybridized carbons (Fsp3) is 0.778. The van der Waals surface area contributed by atoms with Gasteiger partial charge in [0.05, 0.1) is 6.10 Å². The molecule has 13 heavy (non-hydrogen) atoms. The largest absolute Gasteiger partial charge is 0.481 e. The quantitative estimate of drug-likeness (QED) is 0.610. The predicted molar refractivity (Wildman–Crippen MR) is 47.6 cm³/mol. The molecule has 0 saturated carbocycles. The molecule has 0 rings (SSSR count). The second-order valence-electron chi connectivity index (χ2n) is 2.99. The highest BCUT2D eigenvalue weighted by Crippen LogP contribution is 2.01. The number of carboxylic acid groups (broad SMARTS) is 1. The minimum Gasteiger partial charge on any atom is -0.481 e. The van der Waals surface area contributed by atoms with Gasteiger partial charge in [-0.1, -0.05) is 6.92 Å². The number of hydrogen-bond acceptors (Lipinski definition) is 3. The molecule has 0 aromatic heterocycles. The molecule has 1 atom stereocenters. The van der Waals surface area contributed by atoms with Crippen molar-refractivity contribution in [3.63, 3.8) is 0 Å². The highest BCUT2D eigenvalue weighted by atomic mass is 16.5. The summed E-state index contributed by atoms with van der Waals surface area (Å²) in [6.45, 7) is 4.36. The lowest BCUT2D eigenvalue weighted by atomic mass is 10.1. The molecule has 0 fully saturated rings. The maximum absolute atomic E-state index is 11.0. The molecule has 76 valence electrons. The predicted octanol–water partition coefficient (Wildman–Crippen LogP) is 1.24. The molecule has 1 unspecified atom stereocenters. The third-order valence-corrected chi connectivity index (χ3v) is 1.47. The first-order valence-electron chi connectivity index (χ1n) is 4.41. The van der Waals surface area contributed by atoms with Crippen LogP contribution < -0.4 is 0 Å². The Morgan fingerprint density at radius 2 is 2.08 bits per heavy atom. The van der Waals surface area contributed by atoms with Crippen LogP contribution >= 0.6 is 0 Å². The van der Waals surface area contributed by atoms with Crippen LogP contribution in [0.15, 0.2) is 0 Å². The van der Waals surface area contributed by atoms with Crippen LogP contribution in [0.1, 0.15) is 33.1 Å². The van der Waals surface area contributed by atoms with Crippen LogP contribution in [0.3, 0.4) is 0 Å². The van der Waals surface area contributed by atoms with Gasteiger partial charge < -0.3 is 9.84 Å². The number of carboxylic acids is 1. The summed E-state index contributed by atoms with van der Waals surface area (Å²) < 4.78 is 5.23. The zero-order valence-corrected chi connectivity index (χ0v) is 8.08. The Kier molecular flexibility index (Phi) is 6.14. The van der Waals surface area contributed by atoms with Gasteiger partial charge in [0.2, 0.25) is 0 Å². The SMILES string of the molecule is CCCOC(C)CC(=O)CC(=O)O. The zero-order valence-electron chi connectivity index (χ0n) is 8.08. The summed E-state index contributed by atoms with van der Waals surface area (Å²) in [6.07, 6.45) is 0.510. The maximum Gasteiger partial charge on any atom is 0.310 e. The Balaban J connectivity index is 3.59. The third kappa shape index (κ3) is 7.46. The van der Waals surface area contributed by atoms with Crippen molar-refractivity contribution >= 4 is 11.8 Å². The fourth-order valence-corrected chi connectivity index (χ4v) is 0.939. The van der Waals surface area contributed by atoms with E-state index in [0.717, 1.165) is 6.42 Å². The van der Waals surface area contributed by atoms with Crippen molar-refractivity contribution in [3.8, 4) is 0 Å². The fourth-order valence-electron chi connectivity index (χ4n) is 0.939. The lowest BCUT2D eigenvalue weighted by Crippen LogP contribution is -2.16. The molecular weight excluding hydrogens is 172 g/mol. The van der Waals surface area contributed by atoms with E-state index in [9.17, 15) is 9.59 Å². The van der Waals surface area contributed by atoms with E-state index >= 15 is 0 Å². The minimum absolute atomic E-state index is 0.174.